The Labute approximate surface area is 630 Å². The van der Waals surface area contributed by atoms with Gasteiger partial charge < -0.3 is 33.8 Å². The normalized spacial score (nSPS) is 14.6. The van der Waals surface area contributed by atoms with Crippen molar-refractivity contribution in [3.8, 4) is 0 Å². The second-order valence-corrected chi connectivity index (χ2v) is 29.2. The monoisotopic (exact) mass is 1500 g/mol. The van der Waals surface area contributed by atoms with E-state index in [9.17, 15) is 43.2 Å². The van der Waals surface area contributed by atoms with Crippen LogP contribution in [-0.4, -0.2) is 96.7 Å². The number of carbonyl (C=O) groups excluding carboxylic acids is 4. The highest BCUT2D eigenvalue weighted by Crippen LogP contribution is 2.45. The van der Waals surface area contributed by atoms with Crippen molar-refractivity contribution in [1.29, 1.82) is 0 Å². The predicted octanol–water partition coefficient (Wildman–Crippen LogP) is 23.4. The zero-order valence-electron chi connectivity index (χ0n) is 64.9. The number of hydrogen-bond acceptors (Lipinski definition) is 15. The van der Waals surface area contributed by atoms with Crippen LogP contribution in [0.25, 0.3) is 0 Å². The molecule has 0 saturated heterocycles. The molecule has 0 aliphatic rings. The Bertz CT molecular complexity index is 2540. The fourth-order valence-corrected chi connectivity index (χ4v) is 11.7. The molecule has 2 unspecified atom stereocenters. The molecule has 5 atom stereocenters. The minimum atomic E-state index is -5.02. The predicted molar refractivity (Wildman–Crippen MR) is 427 cm³/mol. The number of rotatable bonds is 74. The average molecular weight is 1500 g/mol. The summed E-state index contributed by atoms with van der Waals surface area (Å²) in [5, 5.41) is 10.6. The Morgan fingerprint density at radius 2 is 0.490 bits per heavy atom. The van der Waals surface area contributed by atoms with Gasteiger partial charge in [0.1, 0.15) is 19.3 Å². The van der Waals surface area contributed by atoms with Crippen LogP contribution in [0.4, 0.5) is 0 Å². The second-order valence-electron chi connectivity index (χ2n) is 26.3. The van der Waals surface area contributed by atoms with Crippen LogP contribution in [0.3, 0.4) is 0 Å². The van der Waals surface area contributed by atoms with E-state index in [4.69, 9.17) is 37.0 Å². The highest BCUT2D eigenvalue weighted by atomic mass is 31.2. The second kappa shape index (κ2) is 76.1. The maximum absolute atomic E-state index is 13.1. The summed E-state index contributed by atoms with van der Waals surface area (Å²) in [6.07, 6.45) is 87.2. The number of aliphatic hydroxyl groups is 1. The zero-order chi connectivity index (χ0) is 76.0. The molecule has 0 spiro atoms. The molecule has 0 amide bonds. The lowest BCUT2D eigenvalue weighted by Gasteiger charge is -2.21. The van der Waals surface area contributed by atoms with Gasteiger partial charge in [-0.15, -0.1) is 0 Å². The third-order valence-corrected chi connectivity index (χ3v) is 18.2. The molecule has 0 aromatic carbocycles. The lowest BCUT2D eigenvalue weighted by atomic mass is 10.1. The minimum absolute atomic E-state index is 0.0181. The quantitative estimate of drug-likeness (QED) is 0.0169. The van der Waals surface area contributed by atoms with Gasteiger partial charge in [0, 0.05) is 25.7 Å². The molecule has 19 heteroatoms. The van der Waals surface area contributed by atoms with Crippen LogP contribution in [0.5, 0.6) is 0 Å². The molecule has 0 saturated carbocycles. The number of unbranched alkanes of at least 4 members (excludes halogenated alkanes) is 24. The van der Waals surface area contributed by atoms with Crippen LogP contribution < -0.4 is 0 Å². The van der Waals surface area contributed by atoms with Crippen LogP contribution in [-0.2, 0) is 65.4 Å². The van der Waals surface area contributed by atoms with Crippen LogP contribution in [0.1, 0.15) is 310 Å². The first kappa shape index (κ1) is 98.9. The maximum Gasteiger partial charge on any atom is 0.472 e. The Morgan fingerprint density at radius 3 is 0.827 bits per heavy atom. The van der Waals surface area contributed by atoms with Gasteiger partial charge in [0.25, 0.3) is 0 Å². The van der Waals surface area contributed by atoms with Crippen LogP contribution in [0.2, 0.25) is 0 Å². The number of phosphoric acid groups is 2. The van der Waals surface area contributed by atoms with Gasteiger partial charge in [-0.1, -0.05) is 276 Å². The first-order valence-corrected chi connectivity index (χ1v) is 43.1. The molecule has 0 aliphatic heterocycles. The van der Waals surface area contributed by atoms with Gasteiger partial charge in [0.15, 0.2) is 12.2 Å². The number of carbonyl (C=O) groups is 4. The van der Waals surface area contributed by atoms with E-state index in [0.717, 1.165) is 128 Å². The number of esters is 4. The van der Waals surface area contributed by atoms with Gasteiger partial charge in [-0.2, -0.15) is 0 Å². The van der Waals surface area contributed by atoms with E-state index in [1.54, 1.807) is 0 Å². The molecule has 594 valence electrons. The van der Waals surface area contributed by atoms with Crippen LogP contribution in [0.15, 0.2) is 146 Å². The molecule has 0 aromatic heterocycles. The fraction of sp³-hybridized carbons (Fsp3) is 0.671. The van der Waals surface area contributed by atoms with Gasteiger partial charge >= 0.3 is 39.5 Å². The Morgan fingerprint density at radius 1 is 0.269 bits per heavy atom. The van der Waals surface area contributed by atoms with Crippen LogP contribution >= 0.6 is 15.6 Å². The summed E-state index contributed by atoms with van der Waals surface area (Å²) in [5.41, 5.74) is 0. The van der Waals surface area contributed by atoms with Crippen molar-refractivity contribution in [2.24, 2.45) is 0 Å². The summed E-state index contributed by atoms with van der Waals surface area (Å²) >= 11 is 0. The molecule has 0 aromatic rings. The molecule has 0 fully saturated rings. The maximum atomic E-state index is 13.1. The highest BCUT2D eigenvalue weighted by molar-refractivity contribution is 7.47. The van der Waals surface area contributed by atoms with Crippen molar-refractivity contribution in [1.82, 2.24) is 0 Å². The van der Waals surface area contributed by atoms with E-state index in [1.807, 2.05) is 36.5 Å². The Kier molecular flexibility index (Phi) is 72.4. The van der Waals surface area contributed by atoms with Gasteiger partial charge in [-0.3, -0.25) is 37.3 Å². The third kappa shape index (κ3) is 75.2. The van der Waals surface area contributed by atoms with Gasteiger partial charge in [0.05, 0.1) is 26.4 Å². The smallest absolute Gasteiger partial charge is 0.462 e. The molecule has 3 N–H and O–H groups in total. The van der Waals surface area contributed by atoms with Crippen molar-refractivity contribution in [2.75, 3.05) is 39.6 Å². The standard InChI is InChI=1S/C85H142O17P2/c1-5-9-13-17-21-25-29-33-35-37-39-41-43-47-50-54-58-62-66-70-83(88)96-76-81(102-85(90)72-68-64-60-56-52-48-44-42-40-38-36-34-30-26-22-18-14-10-6-2)78-100-104(93,94)98-74-79(86)73-97-103(91,92)99-77-80(101-84(89)71-67-63-59-55-51-46-32-28-24-20-16-12-8-4)75-95-82(87)69-65-61-57-53-49-45-31-27-23-19-15-11-7-3/h21-22,25-28,31-36,39-42,47-48,50,52,58,60,62,64,79-81,86H,5-20,23-24,29-30,37-38,43-46,49,51,53-57,59,61,63,65-78H2,1-4H3,(H,91,92)(H,93,94)/b25-21-,26-22-,31-27-,32-28-,35-33-,36-34-,41-39-,42-40-,50-47-,52-48-,62-58-,64-60-/t79-,80+,81+/m0/s1. The first-order valence-electron chi connectivity index (χ1n) is 40.1. The minimum Gasteiger partial charge on any atom is -0.462 e. The zero-order valence-corrected chi connectivity index (χ0v) is 66.7. The third-order valence-electron chi connectivity index (χ3n) is 16.3. The summed E-state index contributed by atoms with van der Waals surface area (Å²) in [7, 11) is -10.0. The van der Waals surface area contributed by atoms with E-state index in [1.165, 1.54) is 89.9 Å². The molecule has 104 heavy (non-hydrogen) atoms. The largest absolute Gasteiger partial charge is 0.472 e. The van der Waals surface area contributed by atoms with E-state index in [2.05, 4.69) is 137 Å². The van der Waals surface area contributed by atoms with Crippen molar-refractivity contribution >= 4 is 39.5 Å². The number of ether oxygens (including phenoxy) is 4. The highest BCUT2D eigenvalue weighted by Gasteiger charge is 2.30. The topological polar surface area (TPSA) is 237 Å². The summed E-state index contributed by atoms with van der Waals surface area (Å²) in [6, 6.07) is 0. The average Bonchev–Trinajstić information content (AvgIpc) is 0.906. The summed E-state index contributed by atoms with van der Waals surface area (Å²) in [5.74, 6) is -2.39. The fourth-order valence-electron chi connectivity index (χ4n) is 10.1. The van der Waals surface area contributed by atoms with E-state index < -0.39 is 97.5 Å². The molecule has 17 nitrogen and oxygen atoms in total. The van der Waals surface area contributed by atoms with E-state index in [-0.39, 0.29) is 25.7 Å². The molecule has 0 aliphatic carbocycles. The Hall–Kier alpha value is -5.06. The Balaban J connectivity index is 5.51. The van der Waals surface area contributed by atoms with Crippen molar-refractivity contribution < 1.29 is 80.2 Å². The van der Waals surface area contributed by atoms with Crippen LogP contribution in [0, 0.1) is 0 Å². The van der Waals surface area contributed by atoms with Crippen molar-refractivity contribution in [3.63, 3.8) is 0 Å². The molecular weight excluding hydrogens is 1350 g/mol. The number of phosphoric ester groups is 2. The summed E-state index contributed by atoms with van der Waals surface area (Å²) < 4.78 is 68.4. The van der Waals surface area contributed by atoms with Crippen molar-refractivity contribution in [2.45, 2.75) is 329 Å². The molecule has 0 heterocycles. The van der Waals surface area contributed by atoms with E-state index >= 15 is 0 Å². The first-order chi connectivity index (χ1) is 50.7. The van der Waals surface area contributed by atoms with Gasteiger partial charge in [-0.05, 0) is 154 Å². The SMILES string of the molecule is CCCCC/C=C\C/C=C\C/C=C\C/C=C\C/C=C\CCC(=O)OC[C@H](COP(=O)(O)OC[C@@H](O)COP(=O)(O)OC[C@@H](COC(=O)CCCCCCC/C=C\CCCCCC)OC(=O)CCCCCCC/C=C\CCCCCC)OC(=O)CC/C=C\C/C=C\C/C=C\C/C=C\C/C=C\CCCCC. The van der Waals surface area contributed by atoms with Gasteiger partial charge in [-0.25, -0.2) is 9.13 Å². The number of hydrogen-bond donors (Lipinski definition) is 3. The van der Waals surface area contributed by atoms with Crippen molar-refractivity contribution in [3.05, 3.63) is 146 Å². The lowest BCUT2D eigenvalue weighted by Crippen LogP contribution is -2.30. The molecule has 0 bridgehead atoms. The summed E-state index contributed by atoms with van der Waals surface area (Å²) in [6.45, 7) is 4.60. The van der Waals surface area contributed by atoms with Gasteiger partial charge in [0.2, 0.25) is 0 Å². The summed E-state index contributed by atoms with van der Waals surface area (Å²) in [4.78, 5) is 72.9. The molecule has 0 radical (unpaired) electrons. The number of aliphatic hydroxyl groups excluding tert-OH is 1. The molecular formula is C85H142O17P2. The number of allylic oxidation sites excluding steroid dienone is 24. The lowest BCUT2D eigenvalue weighted by molar-refractivity contribution is -0.161. The molecule has 0 rings (SSSR count). The van der Waals surface area contributed by atoms with E-state index in [0.29, 0.717) is 38.5 Å².